The van der Waals surface area contributed by atoms with Crippen LogP contribution in [-0.2, 0) is 9.53 Å². The van der Waals surface area contributed by atoms with Crippen LogP contribution in [0.25, 0.3) is 0 Å². The van der Waals surface area contributed by atoms with Gasteiger partial charge in [0.15, 0.2) is 5.78 Å². The van der Waals surface area contributed by atoms with E-state index in [1.54, 1.807) is 12.1 Å². The number of hydrogen-bond donors (Lipinski definition) is 1. The van der Waals surface area contributed by atoms with E-state index in [-0.39, 0.29) is 28.7 Å². The summed E-state index contributed by atoms with van der Waals surface area (Å²) in [6.07, 6.45) is 0.995. The molecule has 0 aliphatic carbocycles. The third-order valence-electron chi connectivity index (χ3n) is 3.26. The number of nitrogens with one attached hydrogen (secondary N) is 1. The van der Waals surface area contributed by atoms with Crippen molar-refractivity contribution in [1.29, 1.82) is 0 Å². The molecule has 2 aromatic rings. The molecular weight excluding hydrogens is 350 g/mol. The summed E-state index contributed by atoms with van der Waals surface area (Å²) in [6, 6.07) is 8.18. The van der Waals surface area contributed by atoms with Crippen molar-refractivity contribution in [3.8, 4) is 0 Å². The van der Waals surface area contributed by atoms with Crippen LogP contribution in [0.5, 0.6) is 0 Å². The lowest BCUT2D eigenvalue weighted by molar-refractivity contribution is -0.116. The molecule has 126 valence electrons. The molecule has 0 unspecified atom stereocenters. The first kappa shape index (κ1) is 18.2. The SMILES string of the molecule is COC(=O)c1cc(NC(=O)CCCC(=O)c2cccs2)ccc1Cl. The van der Waals surface area contributed by atoms with Crippen molar-refractivity contribution >= 4 is 46.3 Å². The van der Waals surface area contributed by atoms with Gasteiger partial charge in [-0.2, -0.15) is 0 Å². The van der Waals surface area contributed by atoms with Crippen LogP contribution in [0.3, 0.4) is 0 Å². The van der Waals surface area contributed by atoms with Gasteiger partial charge in [0.1, 0.15) is 0 Å². The normalized spacial score (nSPS) is 10.2. The smallest absolute Gasteiger partial charge is 0.339 e. The van der Waals surface area contributed by atoms with Gasteiger partial charge in [-0.3, -0.25) is 9.59 Å². The zero-order chi connectivity index (χ0) is 17.5. The van der Waals surface area contributed by atoms with Crippen LogP contribution in [-0.4, -0.2) is 24.8 Å². The lowest BCUT2D eigenvalue weighted by Crippen LogP contribution is -2.13. The number of rotatable bonds is 7. The number of benzene rings is 1. The van der Waals surface area contributed by atoms with Crippen molar-refractivity contribution in [3.63, 3.8) is 0 Å². The second kappa shape index (κ2) is 8.61. The van der Waals surface area contributed by atoms with Crippen molar-refractivity contribution in [2.75, 3.05) is 12.4 Å². The molecule has 0 aliphatic heterocycles. The Labute approximate surface area is 148 Å². The van der Waals surface area contributed by atoms with Gasteiger partial charge in [-0.05, 0) is 36.1 Å². The van der Waals surface area contributed by atoms with Crippen LogP contribution < -0.4 is 5.32 Å². The number of halogens is 1. The van der Waals surface area contributed by atoms with Gasteiger partial charge < -0.3 is 10.1 Å². The van der Waals surface area contributed by atoms with Gasteiger partial charge in [-0.15, -0.1) is 11.3 Å². The number of methoxy groups -OCH3 is 1. The molecule has 0 atom stereocenters. The van der Waals surface area contributed by atoms with E-state index in [9.17, 15) is 14.4 Å². The first-order valence-corrected chi connectivity index (χ1v) is 8.51. The van der Waals surface area contributed by atoms with E-state index in [0.29, 0.717) is 23.4 Å². The molecule has 5 nitrogen and oxygen atoms in total. The van der Waals surface area contributed by atoms with Crippen LogP contribution in [0, 0.1) is 0 Å². The third-order valence-corrected chi connectivity index (χ3v) is 4.50. The van der Waals surface area contributed by atoms with E-state index >= 15 is 0 Å². The third kappa shape index (κ3) is 4.91. The second-order valence-electron chi connectivity index (χ2n) is 4.99. The molecule has 2 rings (SSSR count). The number of ketones is 1. The van der Waals surface area contributed by atoms with E-state index in [0.717, 1.165) is 0 Å². The summed E-state index contributed by atoms with van der Waals surface area (Å²) >= 11 is 7.32. The molecule has 1 N–H and O–H groups in total. The number of hydrogen-bond acceptors (Lipinski definition) is 5. The van der Waals surface area contributed by atoms with Crippen molar-refractivity contribution < 1.29 is 19.1 Å². The van der Waals surface area contributed by atoms with Gasteiger partial charge in [0.2, 0.25) is 5.91 Å². The summed E-state index contributed by atoms with van der Waals surface area (Å²) in [7, 11) is 1.26. The van der Waals surface area contributed by atoms with E-state index in [2.05, 4.69) is 10.1 Å². The first-order chi connectivity index (χ1) is 11.5. The average molecular weight is 366 g/mol. The predicted molar refractivity (Wildman–Crippen MR) is 93.9 cm³/mol. The maximum absolute atomic E-state index is 11.9. The Bertz CT molecular complexity index is 743. The Morgan fingerprint density at radius 2 is 2.00 bits per heavy atom. The number of anilines is 1. The largest absolute Gasteiger partial charge is 0.465 e. The van der Waals surface area contributed by atoms with Crippen molar-refractivity contribution in [2.45, 2.75) is 19.3 Å². The van der Waals surface area contributed by atoms with Crippen LogP contribution in [0.4, 0.5) is 5.69 Å². The molecule has 0 saturated heterocycles. The van der Waals surface area contributed by atoms with Crippen LogP contribution in [0.15, 0.2) is 35.7 Å². The Morgan fingerprint density at radius 3 is 2.67 bits per heavy atom. The Morgan fingerprint density at radius 1 is 1.21 bits per heavy atom. The summed E-state index contributed by atoms with van der Waals surface area (Å²) in [6.45, 7) is 0. The Hall–Kier alpha value is -2.18. The van der Waals surface area contributed by atoms with Crippen LogP contribution in [0.2, 0.25) is 5.02 Å². The number of Topliss-reactive ketones (excluding diaryl/α,β-unsaturated/α-hetero) is 1. The molecule has 1 aromatic heterocycles. The fourth-order valence-corrected chi connectivity index (χ4v) is 2.95. The van der Waals surface area contributed by atoms with Crippen molar-refractivity contribution in [1.82, 2.24) is 0 Å². The van der Waals surface area contributed by atoms with Gasteiger partial charge in [0.05, 0.1) is 22.6 Å². The number of carbonyl (C=O) groups is 3. The zero-order valence-electron chi connectivity index (χ0n) is 13.0. The molecule has 1 heterocycles. The summed E-state index contributed by atoms with van der Waals surface area (Å²) in [5.41, 5.74) is 0.638. The monoisotopic (exact) mass is 365 g/mol. The molecule has 0 fully saturated rings. The summed E-state index contributed by atoms with van der Waals surface area (Å²) in [4.78, 5) is 36.1. The van der Waals surface area contributed by atoms with Gasteiger partial charge in [0.25, 0.3) is 0 Å². The number of ether oxygens (including phenoxy) is 1. The summed E-state index contributed by atoms with van der Waals surface area (Å²) < 4.78 is 4.63. The molecule has 1 amide bonds. The Kier molecular flexibility index (Phi) is 6.52. The number of carbonyl (C=O) groups excluding carboxylic acids is 3. The quantitative estimate of drug-likeness (QED) is 0.590. The molecule has 0 radical (unpaired) electrons. The lowest BCUT2D eigenvalue weighted by atomic mass is 10.1. The van der Waals surface area contributed by atoms with E-state index in [1.165, 1.54) is 30.6 Å². The highest BCUT2D eigenvalue weighted by molar-refractivity contribution is 7.12. The van der Waals surface area contributed by atoms with Gasteiger partial charge >= 0.3 is 5.97 Å². The molecular formula is C17H16ClNO4S. The molecule has 7 heteroatoms. The first-order valence-electron chi connectivity index (χ1n) is 7.25. The highest BCUT2D eigenvalue weighted by Gasteiger charge is 2.13. The topological polar surface area (TPSA) is 72.5 Å². The fourth-order valence-electron chi connectivity index (χ4n) is 2.06. The molecule has 0 spiro atoms. The van der Waals surface area contributed by atoms with Crippen LogP contribution >= 0.6 is 22.9 Å². The van der Waals surface area contributed by atoms with Crippen LogP contribution in [0.1, 0.15) is 39.3 Å². The minimum Gasteiger partial charge on any atom is -0.465 e. The van der Waals surface area contributed by atoms with Gasteiger partial charge in [-0.25, -0.2) is 4.79 Å². The van der Waals surface area contributed by atoms with Gasteiger partial charge in [0, 0.05) is 18.5 Å². The van der Waals surface area contributed by atoms with E-state index < -0.39 is 5.97 Å². The Balaban J connectivity index is 1.86. The molecule has 0 aliphatic rings. The average Bonchev–Trinajstić information content (AvgIpc) is 3.10. The number of thiophene rings is 1. The maximum Gasteiger partial charge on any atom is 0.339 e. The maximum atomic E-state index is 11.9. The molecule has 1 aromatic carbocycles. The van der Waals surface area contributed by atoms with E-state index in [4.69, 9.17) is 11.6 Å². The molecule has 0 bridgehead atoms. The fraction of sp³-hybridized carbons (Fsp3) is 0.235. The molecule has 0 saturated carbocycles. The summed E-state index contributed by atoms with van der Waals surface area (Å²) in [5.74, 6) is -0.762. The number of amides is 1. The zero-order valence-corrected chi connectivity index (χ0v) is 14.6. The lowest BCUT2D eigenvalue weighted by Gasteiger charge is -2.08. The second-order valence-corrected chi connectivity index (χ2v) is 6.34. The summed E-state index contributed by atoms with van der Waals surface area (Å²) in [5, 5.41) is 4.78. The highest BCUT2D eigenvalue weighted by Crippen LogP contribution is 2.21. The highest BCUT2D eigenvalue weighted by atomic mass is 35.5. The predicted octanol–water partition coefficient (Wildman–Crippen LogP) is 4.18. The van der Waals surface area contributed by atoms with Crippen molar-refractivity contribution in [2.24, 2.45) is 0 Å². The molecule has 24 heavy (non-hydrogen) atoms. The number of esters is 1. The van der Waals surface area contributed by atoms with Gasteiger partial charge in [-0.1, -0.05) is 17.7 Å². The minimum absolute atomic E-state index is 0.0391. The van der Waals surface area contributed by atoms with E-state index in [1.807, 2.05) is 11.4 Å². The standard InChI is InChI=1S/C17H16ClNO4S/c1-23-17(22)12-10-11(7-8-13(12)18)19-16(21)6-2-4-14(20)15-5-3-9-24-15/h3,5,7-10H,2,4,6H2,1H3,(H,19,21). The minimum atomic E-state index is -0.572. The van der Waals surface area contributed by atoms with Crippen molar-refractivity contribution in [3.05, 3.63) is 51.2 Å².